The van der Waals surface area contributed by atoms with Gasteiger partial charge in [0.25, 0.3) is 0 Å². The first-order valence-electron chi connectivity index (χ1n) is 6.76. The summed E-state index contributed by atoms with van der Waals surface area (Å²) >= 11 is 0. The maximum absolute atomic E-state index is 9.77. The molecule has 0 saturated heterocycles. The zero-order chi connectivity index (χ0) is 10.3. The SMILES string of the molecule is OC1CCCC1CNC(C1CC1)C1CC1. The highest BCUT2D eigenvalue weighted by Crippen LogP contribution is 2.44. The highest BCUT2D eigenvalue weighted by atomic mass is 16.3. The second-order valence-corrected chi connectivity index (χ2v) is 5.87. The lowest BCUT2D eigenvalue weighted by Gasteiger charge is -2.22. The normalized spacial score (nSPS) is 36.4. The van der Waals surface area contributed by atoms with Gasteiger partial charge < -0.3 is 10.4 Å². The Hall–Kier alpha value is -0.0800. The summed E-state index contributed by atoms with van der Waals surface area (Å²) in [6.07, 6.45) is 9.26. The molecule has 2 nitrogen and oxygen atoms in total. The van der Waals surface area contributed by atoms with Gasteiger partial charge in [-0.2, -0.15) is 0 Å². The zero-order valence-electron chi connectivity index (χ0n) is 9.49. The van der Waals surface area contributed by atoms with Crippen molar-refractivity contribution in [2.24, 2.45) is 17.8 Å². The van der Waals surface area contributed by atoms with Crippen LogP contribution >= 0.6 is 0 Å². The Morgan fingerprint density at radius 1 is 1.00 bits per heavy atom. The number of rotatable bonds is 5. The molecule has 15 heavy (non-hydrogen) atoms. The highest BCUT2D eigenvalue weighted by molar-refractivity contribution is 4.97. The number of aliphatic hydroxyl groups excluding tert-OH is 1. The first kappa shape index (κ1) is 10.1. The summed E-state index contributed by atoms with van der Waals surface area (Å²) in [5.74, 6) is 2.51. The second-order valence-electron chi connectivity index (χ2n) is 5.87. The van der Waals surface area contributed by atoms with E-state index in [1.165, 1.54) is 38.5 Å². The van der Waals surface area contributed by atoms with Gasteiger partial charge in [-0.15, -0.1) is 0 Å². The molecule has 2 N–H and O–H groups in total. The molecule has 3 aliphatic rings. The van der Waals surface area contributed by atoms with Gasteiger partial charge in [0.05, 0.1) is 6.10 Å². The lowest BCUT2D eigenvalue weighted by atomic mass is 10.0. The minimum Gasteiger partial charge on any atom is -0.393 e. The third-order valence-electron chi connectivity index (χ3n) is 4.49. The molecular formula is C13H23NO. The van der Waals surface area contributed by atoms with Crippen LogP contribution in [0.5, 0.6) is 0 Å². The van der Waals surface area contributed by atoms with Crippen LogP contribution in [0.2, 0.25) is 0 Å². The Morgan fingerprint density at radius 3 is 2.13 bits per heavy atom. The van der Waals surface area contributed by atoms with Gasteiger partial charge in [0.1, 0.15) is 0 Å². The van der Waals surface area contributed by atoms with Gasteiger partial charge in [0, 0.05) is 12.6 Å². The summed E-state index contributed by atoms with van der Waals surface area (Å²) in [7, 11) is 0. The first-order valence-corrected chi connectivity index (χ1v) is 6.76. The average molecular weight is 209 g/mol. The van der Waals surface area contributed by atoms with E-state index in [1.807, 2.05) is 0 Å². The van der Waals surface area contributed by atoms with Gasteiger partial charge in [-0.3, -0.25) is 0 Å². The minimum absolute atomic E-state index is 0.0171. The van der Waals surface area contributed by atoms with Crippen LogP contribution in [0.1, 0.15) is 44.9 Å². The van der Waals surface area contributed by atoms with E-state index < -0.39 is 0 Å². The van der Waals surface area contributed by atoms with Gasteiger partial charge in [-0.1, -0.05) is 6.42 Å². The molecule has 0 bridgehead atoms. The van der Waals surface area contributed by atoms with Crippen LogP contribution in [-0.4, -0.2) is 23.8 Å². The summed E-state index contributed by atoms with van der Waals surface area (Å²) in [4.78, 5) is 0. The summed E-state index contributed by atoms with van der Waals surface area (Å²) in [6.45, 7) is 1.07. The predicted molar refractivity (Wildman–Crippen MR) is 60.6 cm³/mol. The summed E-state index contributed by atoms with van der Waals surface area (Å²) < 4.78 is 0. The second kappa shape index (κ2) is 4.06. The number of hydrogen-bond donors (Lipinski definition) is 2. The topological polar surface area (TPSA) is 32.3 Å². The third-order valence-corrected chi connectivity index (χ3v) is 4.49. The molecule has 0 heterocycles. The van der Waals surface area contributed by atoms with Crippen molar-refractivity contribution in [1.29, 1.82) is 0 Å². The van der Waals surface area contributed by atoms with Crippen molar-refractivity contribution >= 4 is 0 Å². The van der Waals surface area contributed by atoms with E-state index in [1.54, 1.807) is 0 Å². The Labute approximate surface area is 92.4 Å². The van der Waals surface area contributed by atoms with E-state index in [2.05, 4.69) is 5.32 Å². The largest absolute Gasteiger partial charge is 0.393 e. The molecule has 2 unspecified atom stereocenters. The molecule has 3 fully saturated rings. The van der Waals surface area contributed by atoms with Crippen LogP contribution in [0.3, 0.4) is 0 Å². The first-order chi connectivity index (χ1) is 7.34. The molecule has 0 aromatic carbocycles. The Kier molecular flexibility index (Phi) is 2.73. The molecule has 0 amide bonds. The van der Waals surface area contributed by atoms with E-state index in [0.717, 1.165) is 30.8 Å². The zero-order valence-corrected chi connectivity index (χ0v) is 9.49. The van der Waals surface area contributed by atoms with Crippen LogP contribution in [0.25, 0.3) is 0 Å². The molecule has 0 aromatic heterocycles. The van der Waals surface area contributed by atoms with Crippen molar-refractivity contribution in [3.05, 3.63) is 0 Å². The monoisotopic (exact) mass is 209 g/mol. The van der Waals surface area contributed by atoms with Gasteiger partial charge >= 0.3 is 0 Å². The van der Waals surface area contributed by atoms with Gasteiger partial charge in [0.15, 0.2) is 0 Å². The van der Waals surface area contributed by atoms with Crippen LogP contribution in [0.15, 0.2) is 0 Å². The number of aliphatic hydroxyl groups is 1. The van der Waals surface area contributed by atoms with Crippen molar-refractivity contribution in [2.75, 3.05) is 6.54 Å². The quantitative estimate of drug-likeness (QED) is 0.725. The van der Waals surface area contributed by atoms with Gasteiger partial charge in [-0.05, 0) is 56.3 Å². The fraction of sp³-hybridized carbons (Fsp3) is 1.00. The van der Waals surface area contributed by atoms with Crippen LogP contribution in [0.4, 0.5) is 0 Å². The summed E-state index contributed by atoms with van der Waals surface area (Å²) in [5, 5.41) is 13.5. The van der Waals surface area contributed by atoms with Crippen LogP contribution < -0.4 is 5.32 Å². The third kappa shape index (κ3) is 2.36. The van der Waals surface area contributed by atoms with E-state index in [0.29, 0.717) is 5.92 Å². The summed E-state index contributed by atoms with van der Waals surface area (Å²) in [5.41, 5.74) is 0. The molecule has 0 aliphatic heterocycles. The van der Waals surface area contributed by atoms with Crippen molar-refractivity contribution in [3.63, 3.8) is 0 Å². The van der Waals surface area contributed by atoms with Gasteiger partial charge in [0.2, 0.25) is 0 Å². The average Bonchev–Trinajstić information content (AvgIpc) is 3.11. The molecule has 2 heteroatoms. The fourth-order valence-electron chi connectivity index (χ4n) is 3.17. The molecule has 3 aliphatic carbocycles. The van der Waals surface area contributed by atoms with Crippen LogP contribution in [-0.2, 0) is 0 Å². The molecule has 86 valence electrons. The molecule has 0 spiro atoms. The highest BCUT2D eigenvalue weighted by Gasteiger charge is 2.41. The van der Waals surface area contributed by atoms with Gasteiger partial charge in [-0.25, -0.2) is 0 Å². The molecule has 2 atom stereocenters. The fourth-order valence-corrected chi connectivity index (χ4v) is 3.17. The van der Waals surface area contributed by atoms with Crippen LogP contribution in [0, 0.1) is 17.8 Å². The Bertz CT molecular complexity index is 211. The lowest BCUT2D eigenvalue weighted by molar-refractivity contribution is 0.128. The number of nitrogens with one attached hydrogen (secondary N) is 1. The molecule has 0 aromatic rings. The molecular weight excluding hydrogens is 186 g/mol. The maximum Gasteiger partial charge on any atom is 0.0580 e. The van der Waals surface area contributed by atoms with E-state index in [9.17, 15) is 5.11 Å². The van der Waals surface area contributed by atoms with Crippen molar-refractivity contribution in [3.8, 4) is 0 Å². The molecule has 0 radical (unpaired) electrons. The van der Waals surface area contributed by atoms with E-state index in [4.69, 9.17) is 0 Å². The molecule has 3 rings (SSSR count). The predicted octanol–water partition coefficient (Wildman–Crippen LogP) is 1.93. The van der Waals surface area contributed by atoms with E-state index in [-0.39, 0.29) is 6.10 Å². The standard InChI is InChI=1S/C13H23NO/c15-12-3-1-2-11(12)8-14-13(9-4-5-9)10-6-7-10/h9-15H,1-8H2. The van der Waals surface area contributed by atoms with Crippen molar-refractivity contribution in [2.45, 2.75) is 57.1 Å². The smallest absolute Gasteiger partial charge is 0.0580 e. The maximum atomic E-state index is 9.77. The Balaban J connectivity index is 1.46. The van der Waals surface area contributed by atoms with Crippen molar-refractivity contribution in [1.82, 2.24) is 5.32 Å². The lowest BCUT2D eigenvalue weighted by Crippen LogP contribution is -2.38. The summed E-state index contributed by atoms with van der Waals surface area (Å²) in [6, 6.07) is 0.804. The number of hydrogen-bond acceptors (Lipinski definition) is 2. The minimum atomic E-state index is -0.0171. The van der Waals surface area contributed by atoms with E-state index >= 15 is 0 Å². The molecule has 3 saturated carbocycles. The van der Waals surface area contributed by atoms with Crippen molar-refractivity contribution < 1.29 is 5.11 Å². The Morgan fingerprint density at radius 2 is 1.67 bits per heavy atom.